The van der Waals surface area contributed by atoms with Crippen LogP contribution in [0, 0.1) is 0 Å². The van der Waals surface area contributed by atoms with Gasteiger partial charge >= 0.3 is 0 Å². The van der Waals surface area contributed by atoms with E-state index in [0.29, 0.717) is 16.8 Å². The molecule has 0 radical (unpaired) electrons. The first kappa shape index (κ1) is 18.2. The molecule has 0 saturated heterocycles. The van der Waals surface area contributed by atoms with Crippen LogP contribution in [-0.2, 0) is 0 Å². The van der Waals surface area contributed by atoms with Crippen molar-refractivity contribution in [3.63, 3.8) is 0 Å². The van der Waals surface area contributed by atoms with Crippen molar-refractivity contribution in [1.29, 1.82) is 0 Å². The zero-order valence-corrected chi connectivity index (χ0v) is 15.2. The molecule has 0 bridgehead atoms. The molecule has 0 aliphatic heterocycles. The number of hydrogen-bond acceptors (Lipinski definition) is 6. The molecule has 2 aliphatic carbocycles. The standard InChI is InChI=1S/C23H16N2O4/c24-16-10-4-8-12-18(16)22(28)14(20(12)26)6-2-1-3-7-15-21(27)13-9-5-11-17(25)19(13)23(15)29/h1-11,26H,24-25H2. The average Bonchev–Trinajstić information content (AvgIpc) is 3.09. The Morgan fingerprint density at radius 3 is 1.97 bits per heavy atom. The lowest BCUT2D eigenvalue weighted by Crippen LogP contribution is -2.01. The monoisotopic (exact) mass is 384 g/mol. The molecular formula is C23H16N2O4. The fraction of sp³-hybridized carbons (Fsp3) is 0. The van der Waals surface area contributed by atoms with Crippen LogP contribution in [0.25, 0.3) is 5.76 Å². The predicted octanol–water partition coefficient (Wildman–Crippen LogP) is 3.43. The van der Waals surface area contributed by atoms with Gasteiger partial charge in [-0.3, -0.25) is 14.4 Å². The van der Waals surface area contributed by atoms with Gasteiger partial charge in [0.05, 0.1) is 22.3 Å². The first-order valence-corrected chi connectivity index (χ1v) is 8.81. The van der Waals surface area contributed by atoms with Crippen molar-refractivity contribution in [2.75, 3.05) is 11.5 Å². The molecule has 0 fully saturated rings. The molecule has 142 valence electrons. The van der Waals surface area contributed by atoms with Gasteiger partial charge in [0, 0.05) is 22.5 Å². The quantitative estimate of drug-likeness (QED) is 0.322. The largest absolute Gasteiger partial charge is 0.507 e. The number of nitrogens with two attached hydrogens (primary N) is 2. The smallest absolute Gasteiger partial charge is 0.199 e. The van der Waals surface area contributed by atoms with Crippen LogP contribution in [0.3, 0.4) is 0 Å². The summed E-state index contributed by atoms with van der Waals surface area (Å²) in [6.07, 6.45) is 7.47. The maximum absolute atomic E-state index is 12.5. The summed E-state index contributed by atoms with van der Waals surface area (Å²) < 4.78 is 0. The summed E-state index contributed by atoms with van der Waals surface area (Å²) in [7, 11) is 0. The lowest BCUT2D eigenvalue weighted by Gasteiger charge is -2.01. The number of carbonyl (C=O) groups is 3. The van der Waals surface area contributed by atoms with E-state index in [1.54, 1.807) is 42.5 Å². The number of allylic oxidation sites excluding steroid dienone is 7. The minimum atomic E-state index is -0.408. The van der Waals surface area contributed by atoms with Gasteiger partial charge in [0.15, 0.2) is 17.3 Å². The molecule has 0 saturated carbocycles. The van der Waals surface area contributed by atoms with Crippen molar-refractivity contribution >= 4 is 34.5 Å². The molecular weight excluding hydrogens is 368 g/mol. The van der Waals surface area contributed by atoms with Crippen molar-refractivity contribution in [2.24, 2.45) is 0 Å². The third kappa shape index (κ3) is 2.78. The molecule has 2 aliphatic rings. The number of nitrogen functional groups attached to an aromatic ring is 2. The summed E-state index contributed by atoms with van der Waals surface area (Å²) in [5, 5.41) is 10.3. The molecule has 2 aromatic carbocycles. The molecule has 2 aromatic rings. The lowest BCUT2D eigenvalue weighted by atomic mass is 10.1. The van der Waals surface area contributed by atoms with Gasteiger partial charge in [-0.05, 0) is 24.3 Å². The zero-order chi connectivity index (χ0) is 20.7. The summed E-state index contributed by atoms with van der Waals surface area (Å²) in [5.41, 5.74) is 13.6. The number of aliphatic hydroxyl groups excluding tert-OH is 1. The topological polar surface area (TPSA) is 123 Å². The van der Waals surface area contributed by atoms with E-state index in [1.165, 1.54) is 24.3 Å². The molecule has 5 N–H and O–H groups in total. The third-order valence-corrected chi connectivity index (χ3v) is 4.88. The van der Waals surface area contributed by atoms with Gasteiger partial charge in [0.1, 0.15) is 5.76 Å². The number of hydrogen-bond donors (Lipinski definition) is 3. The number of benzene rings is 2. The maximum atomic E-state index is 12.5. The number of rotatable bonds is 3. The summed E-state index contributed by atoms with van der Waals surface area (Å²) in [4.78, 5) is 37.3. The Balaban J connectivity index is 1.55. The SMILES string of the molecule is Nc1cccc2c1C(=O)C(=CC=CC=CC1=C(O)c3cccc(N)c3C1=O)C2=O. The molecule has 4 rings (SSSR count). The van der Waals surface area contributed by atoms with Gasteiger partial charge in [-0.1, -0.05) is 42.5 Å². The molecule has 0 aromatic heterocycles. The molecule has 0 atom stereocenters. The molecule has 0 heterocycles. The third-order valence-electron chi connectivity index (χ3n) is 4.88. The zero-order valence-electron chi connectivity index (χ0n) is 15.2. The highest BCUT2D eigenvalue weighted by Crippen LogP contribution is 2.35. The molecule has 6 heteroatoms. The van der Waals surface area contributed by atoms with Gasteiger partial charge in [-0.2, -0.15) is 0 Å². The van der Waals surface area contributed by atoms with E-state index >= 15 is 0 Å². The van der Waals surface area contributed by atoms with Gasteiger partial charge in [0.2, 0.25) is 0 Å². The van der Waals surface area contributed by atoms with Crippen LogP contribution in [0.1, 0.15) is 36.6 Å². The molecule has 0 amide bonds. The van der Waals surface area contributed by atoms with Crippen molar-refractivity contribution in [1.82, 2.24) is 0 Å². The average molecular weight is 384 g/mol. The number of fused-ring (bicyclic) bond motifs is 2. The van der Waals surface area contributed by atoms with Crippen LogP contribution in [0.15, 0.2) is 77.9 Å². The van der Waals surface area contributed by atoms with Crippen LogP contribution in [0.4, 0.5) is 11.4 Å². The number of aliphatic hydroxyl groups is 1. The Hall–Kier alpha value is -4.19. The summed E-state index contributed by atoms with van der Waals surface area (Å²) in [5.74, 6) is -1.27. The van der Waals surface area contributed by atoms with E-state index in [-0.39, 0.29) is 45.3 Å². The minimum Gasteiger partial charge on any atom is -0.507 e. The van der Waals surface area contributed by atoms with Crippen LogP contribution in [0.2, 0.25) is 0 Å². The number of Topliss-reactive ketones (excluding diaryl/α,β-unsaturated/α-hetero) is 3. The van der Waals surface area contributed by atoms with Crippen LogP contribution >= 0.6 is 0 Å². The van der Waals surface area contributed by atoms with E-state index in [1.807, 2.05) is 0 Å². The van der Waals surface area contributed by atoms with Gasteiger partial charge in [0.25, 0.3) is 0 Å². The van der Waals surface area contributed by atoms with Crippen LogP contribution < -0.4 is 11.5 Å². The fourth-order valence-electron chi connectivity index (χ4n) is 3.48. The highest BCUT2D eigenvalue weighted by Gasteiger charge is 2.34. The summed E-state index contributed by atoms with van der Waals surface area (Å²) in [6.45, 7) is 0. The molecule has 0 unspecified atom stereocenters. The molecule has 0 spiro atoms. The minimum absolute atomic E-state index is 0.0294. The predicted molar refractivity (Wildman–Crippen MR) is 111 cm³/mol. The second-order valence-corrected chi connectivity index (χ2v) is 6.61. The van der Waals surface area contributed by atoms with Gasteiger partial charge in [-0.25, -0.2) is 0 Å². The maximum Gasteiger partial charge on any atom is 0.199 e. The van der Waals surface area contributed by atoms with E-state index in [9.17, 15) is 19.5 Å². The highest BCUT2D eigenvalue weighted by molar-refractivity contribution is 6.40. The normalized spacial score (nSPS) is 17.2. The fourth-order valence-corrected chi connectivity index (χ4v) is 3.48. The van der Waals surface area contributed by atoms with Crippen LogP contribution in [-0.4, -0.2) is 22.5 Å². The number of ketones is 3. The number of anilines is 2. The van der Waals surface area contributed by atoms with Crippen molar-refractivity contribution in [3.8, 4) is 0 Å². The van der Waals surface area contributed by atoms with Crippen LogP contribution in [0.5, 0.6) is 0 Å². The van der Waals surface area contributed by atoms with E-state index in [0.717, 1.165) is 0 Å². The van der Waals surface area contributed by atoms with E-state index in [2.05, 4.69) is 0 Å². The first-order chi connectivity index (χ1) is 13.9. The first-order valence-electron chi connectivity index (χ1n) is 8.81. The Morgan fingerprint density at radius 1 is 0.724 bits per heavy atom. The Labute approximate surface area is 166 Å². The summed E-state index contributed by atoms with van der Waals surface area (Å²) >= 11 is 0. The van der Waals surface area contributed by atoms with E-state index < -0.39 is 5.78 Å². The Bertz CT molecular complexity index is 1230. The highest BCUT2D eigenvalue weighted by atomic mass is 16.3. The Kier molecular flexibility index (Phi) is 4.24. The van der Waals surface area contributed by atoms with Crippen molar-refractivity contribution < 1.29 is 19.5 Å². The number of carbonyl (C=O) groups excluding carboxylic acids is 3. The second kappa shape index (κ2) is 6.76. The Morgan fingerprint density at radius 2 is 1.34 bits per heavy atom. The lowest BCUT2D eigenvalue weighted by molar-refractivity contribution is 0.0986. The molecule has 29 heavy (non-hydrogen) atoms. The van der Waals surface area contributed by atoms with Crippen molar-refractivity contribution in [2.45, 2.75) is 0 Å². The van der Waals surface area contributed by atoms with Gasteiger partial charge < -0.3 is 16.6 Å². The summed E-state index contributed by atoms with van der Waals surface area (Å²) in [6, 6.07) is 9.67. The molecule has 6 nitrogen and oxygen atoms in total. The van der Waals surface area contributed by atoms with Gasteiger partial charge in [-0.15, -0.1) is 0 Å². The second-order valence-electron chi connectivity index (χ2n) is 6.61. The van der Waals surface area contributed by atoms with E-state index in [4.69, 9.17) is 11.5 Å². The van der Waals surface area contributed by atoms with Crippen molar-refractivity contribution in [3.05, 3.63) is 100 Å².